The maximum atomic E-state index is 12.3. The van der Waals surface area contributed by atoms with Crippen LogP contribution in [0.25, 0.3) is 0 Å². The second-order valence-corrected chi connectivity index (χ2v) is 8.77. The molecule has 3 aromatic rings. The van der Waals surface area contributed by atoms with Gasteiger partial charge in [0.15, 0.2) is 0 Å². The van der Waals surface area contributed by atoms with Crippen molar-refractivity contribution in [2.75, 3.05) is 17.7 Å². The molecule has 0 fully saturated rings. The molecule has 7 nitrogen and oxygen atoms in total. The van der Waals surface area contributed by atoms with E-state index in [2.05, 4.69) is 20.1 Å². The summed E-state index contributed by atoms with van der Waals surface area (Å²) in [6.45, 7) is 0. The predicted octanol–water partition coefficient (Wildman–Crippen LogP) is 6.66. The molecule has 0 unspecified atom stereocenters. The zero-order valence-corrected chi connectivity index (χ0v) is 19.8. The lowest BCUT2D eigenvalue weighted by atomic mass is 10.2. The van der Waals surface area contributed by atoms with Crippen LogP contribution in [-0.4, -0.2) is 19.2 Å². The van der Waals surface area contributed by atoms with Crippen molar-refractivity contribution in [1.29, 1.82) is 0 Å². The quantitative estimate of drug-likeness (QED) is 0.268. The first-order valence-corrected chi connectivity index (χ1v) is 11.5. The van der Waals surface area contributed by atoms with Crippen molar-refractivity contribution in [3.63, 3.8) is 0 Å². The molecular weight excluding hydrogens is 491 g/mol. The van der Waals surface area contributed by atoms with Crippen LogP contribution < -0.4 is 24.8 Å². The van der Waals surface area contributed by atoms with Gasteiger partial charge in [-0.2, -0.15) is 0 Å². The average molecular weight is 509 g/mol. The highest BCUT2D eigenvalue weighted by Gasteiger charge is 2.11. The van der Waals surface area contributed by atoms with E-state index < -0.39 is 12.1 Å². The predicted molar refractivity (Wildman–Crippen MR) is 132 cm³/mol. The summed E-state index contributed by atoms with van der Waals surface area (Å²) in [5.41, 5.74) is 0.866. The fourth-order valence-electron chi connectivity index (χ4n) is 2.40. The van der Waals surface area contributed by atoms with Gasteiger partial charge in [-0.25, -0.2) is 9.59 Å². The molecule has 0 aliphatic rings. The Morgan fingerprint density at radius 2 is 1.25 bits per heavy atom. The molecule has 0 atom stereocenters. The summed E-state index contributed by atoms with van der Waals surface area (Å²) in [6.07, 6.45) is 0. The Morgan fingerprint density at radius 3 is 1.75 bits per heavy atom. The summed E-state index contributed by atoms with van der Waals surface area (Å²) < 4.78 is 10.6. The summed E-state index contributed by atoms with van der Waals surface area (Å²) in [7, 11) is 1.49. The van der Waals surface area contributed by atoms with Crippen molar-refractivity contribution >= 4 is 70.5 Å². The molecule has 0 heterocycles. The SMILES string of the molecule is COc1ccc(NC(=O)NSc2ccc(Cl)cc2)cc1NC(=O)NSc1ccc(Cl)cc1. The number of hydrogen-bond acceptors (Lipinski definition) is 5. The Labute approximate surface area is 203 Å². The molecule has 0 radical (unpaired) electrons. The van der Waals surface area contributed by atoms with Gasteiger partial charge in [-0.05, 0) is 90.6 Å². The largest absolute Gasteiger partial charge is 0.495 e. The van der Waals surface area contributed by atoms with E-state index in [-0.39, 0.29) is 0 Å². The first kappa shape index (κ1) is 23.9. The summed E-state index contributed by atoms with van der Waals surface area (Å²) >= 11 is 14.0. The molecule has 0 aliphatic carbocycles. The normalized spacial score (nSPS) is 10.2. The lowest BCUT2D eigenvalue weighted by molar-refractivity contribution is 0.256. The van der Waals surface area contributed by atoms with Gasteiger partial charge in [-0.3, -0.25) is 9.44 Å². The number of halogens is 2. The molecule has 3 aromatic carbocycles. The van der Waals surface area contributed by atoms with E-state index in [9.17, 15) is 9.59 Å². The first-order chi connectivity index (χ1) is 15.4. The topological polar surface area (TPSA) is 91.5 Å². The standard InChI is InChI=1S/C21H18Cl2N4O3S2/c1-30-19-11-6-15(24-20(28)26-31-16-7-2-13(22)3-8-16)12-18(19)25-21(29)27-32-17-9-4-14(23)5-10-17/h2-12H,1H3,(H2,24,26,28)(H2,25,27,29). The third-order valence-corrected chi connectivity index (χ3v) is 5.95. The highest BCUT2D eigenvalue weighted by Crippen LogP contribution is 2.28. The van der Waals surface area contributed by atoms with Crippen molar-refractivity contribution < 1.29 is 14.3 Å². The van der Waals surface area contributed by atoms with E-state index >= 15 is 0 Å². The molecule has 11 heteroatoms. The molecule has 4 N–H and O–H groups in total. The Bertz CT molecular complexity index is 1080. The van der Waals surface area contributed by atoms with Gasteiger partial charge in [0.2, 0.25) is 0 Å². The number of rotatable bonds is 7. The van der Waals surface area contributed by atoms with Gasteiger partial charge < -0.3 is 15.4 Å². The van der Waals surface area contributed by atoms with Crippen LogP contribution in [0.4, 0.5) is 21.0 Å². The van der Waals surface area contributed by atoms with Gasteiger partial charge in [-0.15, -0.1) is 0 Å². The molecule has 3 rings (SSSR count). The molecule has 0 saturated carbocycles. The van der Waals surface area contributed by atoms with Gasteiger partial charge in [0.05, 0.1) is 12.8 Å². The Balaban J connectivity index is 1.56. The van der Waals surface area contributed by atoms with Crippen LogP contribution >= 0.6 is 47.1 Å². The number of urea groups is 2. The van der Waals surface area contributed by atoms with Crippen molar-refractivity contribution in [3.8, 4) is 5.75 Å². The van der Waals surface area contributed by atoms with E-state index in [0.717, 1.165) is 33.7 Å². The van der Waals surface area contributed by atoms with E-state index in [1.807, 2.05) is 0 Å². The summed E-state index contributed by atoms with van der Waals surface area (Å²) in [6, 6.07) is 18.1. The number of anilines is 2. The smallest absolute Gasteiger partial charge is 0.329 e. The number of benzene rings is 3. The van der Waals surface area contributed by atoms with Crippen LogP contribution in [0.3, 0.4) is 0 Å². The maximum Gasteiger partial charge on any atom is 0.329 e. The zero-order chi connectivity index (χ0) is 22.9. The van der Waals surface area contributed by atoms with Crippen molar-refractivity contribution in [1.82, 2.24) is 9.44 Å². The lowest BCUT2D eigenvalue weighted by Crippen LogP contribution is -2.24. The fourth-order valence-corrected chi connectivity index (χ4v) is 3.72. The lowest BCUT2D eigenvalue weighted by Gasteiger charge is -2.13. The van der Waals surface area contributed by atoms with Crippen LogP contribution in [0.2, 0.25) is 10.0 Å². The van der Waals surface area contributed by atoms with Crippen LogP contribution in [0.1, 0.15) is 0 Å². The van der Waals surface area contributed by atoms with E-state index in [1.165, 1.54) is 7.11 Å². The molecule has 0 saturated heterocycles. The number of carbonyl (C=O) groups is 2. The van der Waals surface area contributed by atoms with Gasteiger partial charge in [-0.1, -0.05) is 23.2 Å². The molecule has 4 amide bonds. The van der Waals surface area contributed by atoms with Crippen molar-refractivity contribution in [2.45, 2.75) is 9.79 Å². The minimum absolute atomic E-state index is 0.393. The molecule has 166 valence electrons. The number of carbonyl (C=O) groups excluding carboxylic acids is 2. The fraction of sp³-hybridized carbons (Fsp3) is 0.0476. The third-order valence-electron chi connectivity index (χ3n) is 3.86. The van der Waals surface area contributed by atoms with Crippen molar-refractivity contribution in [3.05, 3.63) is 76.8 Å². The summed E-state index contributed by atoms with van der Waals surface area (Å²) in [5, 5.41) is 6.65. The average Bonchev–Trinajstić information content (AvgIpc) is 2.78. The summed E-state index contributed by atoms with van der Waals surface area (Å²) in [4.78, 5) is 26.2. The van der Waals surface area contributed by atoms with Crippen LogP contribution in [-0.2, 0) is 0 Å². The number of methoxy groups -OCH3 is 1. The zero-order valence-electron chi connectivity index (χ0n) is 16.6. The number of nitrogens with one attached hydrogen (secondary N) is 4. The van der Waals surface area contributed by atoms with Crippen LogP contribution in [0.5, 0.6) is 5.75 Å². The highest BCUT2D eigenvalue weighted by molar-refractivity contribution is 7.98. The second-order valence-electron chi connectivity index (χ2n) is 6.14. The highest BCUT2D eigenvalue weighted by atomic mass is 35.5. The number of hydrogen-bond donors (Lipinski definition) is 4. The van der Waals surface area contributed by atoms with Gasteiger partial charge in [0, 0.05) is 25.5 Å². The Morgan fingerprint density at radius 1 is 0.750 bits per heavy atom. The van der Waals surface area contributed by atoms with Crippen LogP contribution in [0.15, 0.2) is 76.5 Å². The van der Waals surface area contributed by atoms with E-state index in [4.69, 9.17) is 27.9 Å². The number of ether oxygens (including phenoxy) is 1. The molecule has 0 aromatic heterocycles. The molecule has 0 spiro atoms. The van der Waals surface area contributed by atoms with E-state index in [1.54, 1.807) is 66.7 Å². The Kier molecular flexibility index (Phi) is 8.81. The molecule has 0 bridgehead atoms. The molecular formula is C21H18Cl2N4O3S2. The molecule has 0 aliphatic heterocycles. The minimum atomic E-state index is -0.455. The molecule has 32 heavy (non-hydrogen) atoms. The van der Waals surface area contributed by atoms with E-state index in [0.29, 0.717) is 27.2 Å². The number of amides is 4. The minimum Gasteiger partial charge on any atom is -0.495 e. The van der Waals surface area contributed by atoms with Gasteiger partial charge in [0.25, 0.3) is 0 Å². The van der Waals surface area contributed by atoms with Crippen molar-refractivity contribution in [2.24, 2.45) is 0 Å². The summed E-state index contributed by atoms with van der Waals surface area (Å²) in [5.74, 6) is 0.443. The Hall–Kier alpha value is -2.72. The van der Waals surface area contributed by atoms with Crippen LogP contribution in [0, 0.1) is 0 Å². The van der Waals surface area contributed by atoms with Gasteiger partial charge >= 0.3 is 12.1 Å². The third kappa shape index (κ3) is 7.45. The second kappa shape index (κ2) is 11.8. The first-order valence-electron chi connectivity index (χ1n) is 9.10. The van der Waals surface area contributed by atoms with Gasteiger partial charge in [0.1, 0.15) is 5.75 Å². The maximum absolute atomic E-state index is 12.3. The monoisotopic (exact) mass is 508 g/mol.